The third-order valence-corrected chi connectivity index (χ3v) is 4.06. The Balaban J connectivity index is 1.56. The SMILES string of the molecule is C[C@@H](NC(=O)COc1ccc(Cl)cc1Cl)c1ccc2c(c1)OCO2. The number of rotatable bonds is 5. The number of nitrogens with one attached hydrogen (secondary N) is 1. The Hall–Kier alpha value is -2.11. The smallest absolute Gasteiger partial charge is 0.258 e. The molecular formula is C17H15Cl2NO4. The summed E-state index contributed by atoms with van der Waals surface area (Å²) in [5.41, 5.74) is 0.914. The Morgan fingerprint density at radius 3 is 2.79 bits per heavy atom. The van der Waals surface area contributed by atoms with Crippen LogP contribution >= 0.6 is 23.2 Å². The van der Waals surface area contributed by atoms with Crippen LogP contribution in [0.25, 0.3) is 0 Å². The van der Waals surface area contributed by atoms with Gasteiger partial charge in [0.25, 0.3) is 5.91 Å². The average Bonchev–Trinajstić information content (AvgIpc) is 3.01. The highest BCUT2D eigenvalue weighted by atomic mass is 35.5. The Morgan fingerprint density at radius 1 is 1.21 bits per heavy atom. The summed E-state index contributed by atoms with van der Waals surface area (Å²) in [4.78, 5) is 12.1. The van der Waals surface area contributed by atoms with Gasteiger partial charge in [0.15, 0.2) is 18.1 Å². The molecule has 0 fully saturated rings. The standard InChI is InChI=1S/C17H15Cl2NO4/c1-10(11-2-4-15-16(6-11)24-9-23-15)20-17(21)8-22-14-5-3-12(18)7-13(14)19/h2-7,10H,8-9H2,1H3,(H,20,21)/t10-/m1/s1. The first-order chi connectivity index (χ1) is 11.5. The fourth-order valence-corrected chi connectivity index (χ4v) is 2.75. The molecule has 1 atom stereocenters. The lowest BCUT2D eigenvalue weighted by Gasteiger charge is -2.15. The van der Waals surface area contributed by atoms with Crippen LogP contribution in [0.15, 0.2) is 36.4 Å². The highest BCUT2D eigenvalue weighted by molar-refractivity contribution is 6.35. The number of hydrogen-bond donors (Lipinski definition) is 1. The molecule has 1 N–H and O–H groups in total. The molecule has 0 spiro atoms. The van der Waals surface area contributed by atoms with Gasteiger partial charge in [0.2, 0.25) is 6.79 Å². The second-order valence-electron chi connectivity index (χ2n) is 5.27. The maximum Gasteiger partial charge on any atom is 0.258 e. The van der Waals surface area contributed by atoms with Crippen molar-refractivity contribution in [2.24, 2.45) is 0 Å². The van der Waals surface area contributed by atoms with E-state index in [1.54, 1.807) is 18.2 Å². The zero-order chi connectivity index (χ0) is 17.1. The number of carbonyl (C=O) groups is 1. The maximum atomic E-state index is 12.1. The fourth-order valence-electron chi connectivity index (χ4n) is 2.28. The average molecular weight is 368 g/mol. The van der Waals surface area contributed by atoms with Gasteiger partial charge < -0.3 is 19.5 Å². The predicted molar refractivity (Wildman–Crippen MR) is 91.1 cm³/mol. The second kappa shape index (κ2) is 7.20. The molecule has 2 aromatic carbocycles. The van der Waals surface area contributed by atoms with Crippen molar-refractivity contribution in [1.82, 2.24) is 5.32 Å². The van der Waals surface area contributed by atoms with E-state index in [1.807, 2.05) is 25.1 Å². The first-order valence-corrected chi connectivity index (χ1v) is 8.05. The van der Waals surface area contributed by atoms with E-state index < -0.39 is 0 Å². The summed E-state index contributed by atoms with van der Waals surface area (Å²) in [7, 11) is 0. The minimum Gasteiger partial charge on any atom is -0.482 e. The Bertz CT molecular complexity index is 766. The first kappa shape index (κ1) is 16.7. The molecule has 2 aromatic rings. The molecule has 1 aliphatic heterocycles. The van der Waals surface area contributed by atoms with Gasteiger partial charge >= 0.3 is 0 Å². The highest BCUT2D eigenvalue weighted by Gasteiger charge is 2.17. The molecule has 0 unspecified atom stereocenters. The quantitative estimate of drug-likeness (QED) is 0.868. The number of halogens is 2. The van der Waals surface area contributed by atoms with Crippen LogP contribution in [0.1, 0.15) is 18.5 Å². The molecule has 0 aromatic heterocycles. The van der Waals surface area contributed by atoms with Crippen LogP contribution in [-0.4, -0.2) is 19.3 Å². The van der Waals surface area contributed by atoms with Crippen LogP contribution in [0.4, 0.5) is 0 Å². The van der Waals surface area contributed by atoms with E-state index in [0.29, 0.717) is 27.3 Å². The number of amides is 1. The number of carbonyl (C=O) groups excluding carboxylic acids is 1. The Labute approximate surface area is 149 Å². The van der Waals surface area contributed by atoms with Crippen LogP contribution < -0.4 is 19.5 Å². The van der Waals surface area contributed by atoms with Gasteiger partial charge in [-0.1, -0.05) is 29.3 Å². The molecule has 1 aliphatic rings. The summed E-state index contributed by atoms with van der Waals surface area (Å²) in [6.07, 6.45) is 0. The summed E-state index contributed by atoms with van der Waals surface area (Å²) in [6.45, 7) is 1.95. The van der Waals surface area contributed by atoms with Crippen molar-refractivity contribution in [2.75, 3.05) is 13.4 Å². The number of fused-ring (bicyclic) bond motifs is 1. The second-order valence-corrected chi connectivity index (χ2v) is 6.11. The van der Waals surface area contributed by atoms with Gasteiger partial charge in [-0.05, 0) is 42.8 Å². The van der Waals surface area contributed by atoms with Crippen molar-refractivity contribution in [3.05, 3.63) is 52.0 Å². The van der Waals surface area contributed by atoms with Crippen LogP contribution in [-0.2, 0) is 4.79 Å². The maximum absolute atomic E-state index is 12.1. The van der Waals surface area contributed by atoms with Gasteiger partial charge in [0, 0.05) is 5.02 Å². The molecule has 0 saturated carbocycles. The highest BCUT2D eigenvalue weighted by Crippen LogP contribution is 2.34. The van der Waals surface area contributed by atoms with E-state index in [2.05, 4.69) is 5.32 Å². The van der Waals surface area contributed by atoms with Crippen molar-refractivity contribution in [1.29, 1.82) is 0 Å². The summed E-state index contributed by atoms with van der Waals surface area (Å²) >= 11 is 11.8. The van der Waals surface area contributed by atoms with Gasteiger partial charge in [0.1, 0.15) is 5.75 Å². The third kappa shape index (κ3) is 3.86. The molecule has 24 heavy (non-hydrogen) atoms. The molecule has 0 saturated heterocycles. The van der Waals surface area contributed by atoms with Crippen LogP contribution in [0.2, 0.25) is 10.0 Å². The monoisotopic (exact) mass is 367 g/mol. The van der Waals surface area contributed by atoms with Crippen LogP contribution in [0.3, 0.4) is 0 Å². The first-order valence-electron chi connectivity index (χ1n) is 7.29. The van der Waals surface area contributed by atoms with Gasteiger partial charge in [-0.3, -0.25) is 4.79 Å². The summed E-state index contributed by atoms with van der Waals surface area (Å²) < 4.78 is 16.0. The number of hydrogen-bond acceptors (Lipinski definition) is 4. The van der Waals surface area contributed by atoms with Gasteiger partial charge in [0.05, 0.1) is 11.1 Å². The van der Waals surface area contributed by atoms with Gasteiger partial charge in [-0.15, -0.1) is 0 Å². The minimum absolute atomic E-state index is 0.143. The molecule has 0 aliphatic carbocycles. The zero-order valence-electron chi connectivity index (χ0n) is 12.8. The van der Waals surface area contributed by atoms with E-state index in [0.717, 1.165) is 5.56 Å². The number of ether oxygens (including phenoxy) is 3. The largest absolute Gasteiger partial charge is 0.482 e. The predicted octanol–water partition coefficient (Wildman–Crippen LogP) is 3.98. The zero-order valence-corrected chi connectivity index (χ0v) is 14.4. The lowest BCUT2D eigenvalue weighted by Crippen LogP contribution is -2.31. The Kier molecular flexibility index (Phi) is 5.02. The van der Waals surface area contributed by atoms with E-state index in [-0.39, 0.29) is 25.3 Å². The van der Waals surface area contributed by atoms with Gasteiger partial charge in [-0.25, -0.2) is 0 Å². The summed E-state index contributed by atoms with van der Waals surface area (Å²) in [6, 6.07) is 10.2. The summed E-state index contributed by atoms with van der Waals surface area (Å²) in [5.74, 6) is 1.54. The normalized spacial score (nSPS) is 13.5. The molecule has 0 radical (unpaired) electrons. The molecule has 1 heterocycles. The Morgan fingerprint density at radius 2 is 2.00 bits per heavy atom. The summed E-state index contributed by atoms with van der Waals surface area (Å²) in [5, 5.41) is 3.73. The van der Waals surface area contributed by atoms with E-state index in [9.17, 15) is 4.79 Å². The molecule has 1 amide bonds. The molecule has 0 bridgehead atoms. The molecule has 7 heteroatoms. The van der Waals surface area contributed by atoms with Crippen molar-refractivity contribution in [3.63, 3.8) is 0 Å². The van der Waals surface area contributed by atoms with E-state index in [1.165, 1.54) is 0 Å². The third-order valence-electron chi connectivity index (χ3n) is 3.53. The van der Waals surface area contributed by atoms with Crippen molar-refractivity contribution in [2.45, 2.75) is 13.0 Å². The fraction of sp³-hybridized carbons (Fsp3) is 0.235. The lowest BCUT2D eigenvalue weighted by molar-refractivity contribution is -0.123. The van der Waals surface area contributed by atoms with Crippen molar-refractivity contribution < 1.29 is 19.0 Å². The van der Waals surface area contributed by atoms with E-state index in [4.69, 9.17) is 37.4 Å². The molecular weight excluding hydrogens is 353 g/mol. The lowest BCUT2D eigenvalue weighted by atomic mass is 10.1. The van der Waals surface area contributed by atoms with E-state index >= 15 is 0 Å². The number of benzene rings is 2. The molecule has 5 nitrogen and oxygen atoms in total. The van der Waals surface area contributed by atoms with Crippen LogP contribution in [0, 0.1) is 0 Å². The van der Waals surface area contributed by atoms with Crippen molar-refractivity contribution in [3.8, 4) is 17.2 Å². The van der Waals surface area contributed by atoms with Crippen molar-refractivity contribution >= 4 is 29.1 Å². The van der Waals surface area contributed by atoms with Crippen LogP contribution in [0.5, 0.6) is 17.2 Å². The van der Waals surface area contributed by atoms with Gasteiger partial charge in [-0.2, -0.15) is 0 Å². The molecule has 126 valence electrons. The topological polar surface area (TPSA) is 56.8 Å². The molecule has 3 rings (SSSR count). The minimum atomic E-state index is -0.258.